The quantitative estimate of drug-likeness (QED) is 0.101. The average Bonchev–Trinajstić information content (AvgIpc) is 3.16. The SMILES string of the molecule is C=C/C=C(\C=N)c1ccc(C)c(/C=C\C(=C)C(=C)/C=C\C(=C/Nc2cccc3ccccc23)c2ccc(-c3ccc4ccccc4c3)cc2)c1. The number of allylic oxidation sites excluding steroid dienone is 9. The fourth-order valence-corrected chi connectivity index (χ4v) is 5.91. The molecule has 242 valence electrons. The van der Waals surface area contributed by atoms with E-state index in [4.69, 9.17) is 5.41 Å². The molecule has 6 aromatic rings. The Labute approximate surface area is 295 Å². The molecule has 0 aliphatic rings. The Balaban J connectivity index is 1.27. The maximum absolute atomic E-state index is 7.78. The van der Waals surface area contributed by atoms with Crippen molar-refractivity contribution in [2.24, 2.45) is 0 Å². The molecule has 6 rings (SSSR count). The molecular weight excluding hydrogens is 605 g/mol. The van der Waals surface area contributed by atoms with E-state index in [1.807, 2.05) is 24.3 Å². The highest BCUT2D eigenvalue weighted by Gasteiger charge is 2.06. The Morgan fingerprint density at radius 2 is 1.30 bits per heavy atom. The van der Waals surface area contributed by atoms with Gasteiger partial charge in [0.15, 0.2) is 0 Å². The molecule has 0 aliphatic heterocycles. The molecule has 0 fully saturated rings. The number of rotatable bonds is 12. The first-order chi connectivity index (χ1) is 24.4. The van der Waals surface area contributed by atoms with Crippen LogP contribution in [0.1, 0.15) is 22.3 Å². The number of hydrogen-bond donors (Lipinski definition) is 2. The molecule has 0 aliphatic carbocycles. The van der Waals surface area contributed by atoms with Crippen LogP contribution in [0, 0.1) is 12.3 Å². The molecule has 50 heavy (non-hydrogen) atoms. The van der Waals surface area contributed by atoms with Crippen LogP contribution in [0.2, 0.25) is 0 Å². The van der Waals surface area contributed by atoms with Crippen molar-refractivity contribution < 1.29 is 0 Å². The number of anilines is 1. The Hall–Kier alpha value is -6.51. The summed E-state index contributed by atoms with van der Waals surface area (Å²) in [5, 5.41) is 16.2. The van der Waals surface area contributed by atoms with Gasteiger partial charge in [-0.15, -0.1) is 0 Å². The van der Waals surface area contributed by atoms with E-state index in [1.165, 1.54) is 33.5 Å². The topological polar surface area (TPSA) is 35.9 Å². The molecule has 0 atom stereocenters. The highest BCUT2D eigenvalue weighted by Crippen LogP contribution is 2.29. The third-order valence-corrected chi connectivity index (χ3v) is 8.88. The van der Waals surface area contributed by atoms with E-state index in [0.29, 0.717) is 0 Å². The lowest BCUT2D eigenvalue weighted by Crippen LogP contribution is -1.93. The highest BCUT2D eigenvalue weighted by atomic mass is 14.8. The van der Waals surface area contributed by atoms with E-state index in [9.17, 15) is 0 Å². The van der Waals surface area contributed by atoms with Crippen LogP contribution in [0.4, 0.5) is 5.69 Å². The van der Waals surface area contributed by atoms with Gasteiger partial charge in [0.05, 0.1) is 0 Å². The van der Waals surface area contributed by atoms with E-state index < -0.39 is 0 Å². The molecule has 2 nitrogen and oxygen atoms in total. The van der Waals surface area contributed by atoms with Crippen LogP contribution in [0.15, 0.2) is 195 Å². The molecule has 0 saturated carbocycles. The number of hydrogen-bond acceptors (Lipinski definition) is 2. The van der Waals surface area contributed by atoms with Crippen LogP contribution in [-0.2, 0) is 0 Å². The monoisotopic (exact) mass is 644 g/mol. The van der Waals surface area contributed by atoms with Gasteiger partial charge in [0, 0.05) is 23.5 Å². The van der Waals surface area contributed by atoms with Crippen LogP contribution in [0.25, 0.3) is 49.9 Å². The molecule has 0 spiro atoms. The van der Waals surface area contributed by atoms with Gasteiger partial charge in [0.2, 0.25) is 0 Å². The molecule has 2 N–H and O–H groups in total. The minimum absolute atomic E-state index is 0.808. The third-order valence-electron chi connectivity index (χ3n) is 8.88. The molecule has 0 amide bonds. The van der Waals surface area contributed by atoms with E-state index in [2.05, 4.69) is 172 Å². The minimum atomic E-state index is 0.808. The van der Waals surface area contributed by atoms with Crippen LogP contribution in [0.5, 0.6) is 0 Å². The first-order valence-electron chi connectivity index (χ1n) is 16.7. The van der Waals surface area contributed by atoms with Gasteiger partial charge >= 0.3 is 0 Å². The predicted molar refractivity (Wildman–Crippen MR) is 220 cm³/mol. The zero-order chi connectivity index (χ0) is 34.9. The van der Waals surface area contributed by atoms with E-state index in [-0.39, 0.29) is 0 Å². The normalized spacial score (nSPS) is 12.1. The summed E-state index contributed by atoms with van der Waals surface area (Å²) in [5.74, 6) is 0. The molecule has 0 radical (unpaired) electrons. The van der Waals surface area contributed by atoms with Crippen molar-refractivity contribution >= 4 is 50.7 Å². The number of nitrogens with one attached hydrogen (secondary N) is 2. The molecule has 0 saturated heterocycles. The zero-order valence-electron chi connectivity index (χ0n) is 28.4. The van der Waals surface area contributed by atoms with Gasteiger partial charge in [-0.2, -0.15) is 0 Å². The first kappa shape index (κ1) is 33.4. The van der Waals surface area contributed by atoms with Crippen LogP contribution >= 0.6 is 0 Å². The Kier molecular flexibility index (Phi) is 10.4. The number of aryl methyl sites for hydroxylation is 1. The Morgan fingerprint density at radius 1 is 0.620 bits per heavy atom. The van der Waals surface area contributed by atoms with Crippen LogP contribution in [0.3, 0.4) is 0 Å². The summed E-state index contributed by atoms with van der Waals surface area (Å²) in [6.45, 7) is 14.5. The summed E-state index contributed by atoms with van der Waals surface area (Å²) in [5.41, 5.74) is 11.1. The second-order valence-electron chi connectivity index (χ2n) is 12.2. The maximum atomic E-state index is 7.78. The standard InChI is InChI=1S/C48H40N2/c1-5-11-45(32-49)44-22-20-36(4)41(30-44)21-18-34(2)35(3)19-23-46(33-50-48-17-10-15-40-13-8-9-16-47(40)48)39-26-24-38(25-27-39)43-29-28-37-12-6-7-14-42(37)31-43/h5-33,49-50H,1-3H2,4H3/b21-18-,23-19-,45-11+,46-33+,49-32?. The maximum Gasteiger partial charge on any atom is 0.0459 e. The fourth-order valence-electron chi connectivity index (χ4n) is 5.91. The predicted octanol–water partition coefficient (Wildman–Crippen LogP) is 13.0. The molecule has 6 aromatic carbocycles. The van der Waals surface area contributed by atoms with E-state index in [1.54, 1.807) is 6.08 Å². The lowest BCUT2D eigenvalue weighted by molar-refractivity contribution is 1.42. The van der Waals surface area contributed by atoms with E-state index in [0.717, 1.165) is 55.6 Å². The van der Waals surface area contributed by atoms with Gasteiger partial charge < -0.3 is 10.7 Å². The Bertz CT molecular complexity index is 2360. The van der Waals surface area contributed by atoms with Gasteiger partial charge in [-0.1, -0.05) is 165 Å². The molecule has 0 unspecified atom stereocenters. The minimum Gasteiger partial charge on any atom is -0.361 e. The zero-order valence-corrected chi connectivity index (χ0v) is 28.4. The Morgan fingerprint density at radius 3 is 2.08 bits per heavy atom. The van der Waals surface area contributed by atoms with Gasteiger partial charge in [-0.05, 0) is 97.0 Å². The largest absolute Gasteiger partial charge is 0.361 e. The summed E-state index contributed by atoms with van der Waals surface area (Å²) in [7, 11) is 0. The number of benzene rings is 6. The van der Waals surface area contributed by atoms with Crippen molar-refractivity contribution in [2.75, 3.05) is 5.32 Å². The fraction of sp³-hybridized carbons (Fsp3) is 0.0208. The summed E-state index contributed by atoms with van der Waals surface area (Å²) in [6, 6.07) is 44.6. The van der Waals surface area contributed by atoms with Crippen LogP contribution in [-0.4, -0.2) is 6.21 Å². The summed E-state index contributed by atoms with van der Waals surface area (Å²) in [6.07, 6.45) is 15.1. The van der Waals surface area contributed by atoms with Crippen LogP contribution < -0.4 is 5.32 Å². The summed E-state index contributed by atoms with van der Waals surface area (Å²) in [4.78, 5) is 0. The van der Waals surface area contributed by atoms with Gasteiger partial charge in [-0.25, -0.2) is 0 Å². The van der Waals surface area contributed by atoms with Gasteiger partial charge in [0.1, 0.15) is 0 Å². The molecule has 2 heteroatoms. The summed E-state index contributed by atoms with van der Waals surface area (Å²) >= 11 is 0. The molecule has 0 bridgehead atoms. The molecule has 0 aromatic heterocycles. The smallest absolute Gasteiger partial charge is 0.0459 e. The third kappa shape index (κ3) is 7.78. The van der Waals surface area contributed by atoms with Crippen molar-refractivity contribution in [3.05, 3.63) is 217 Å². The van der Waals surface area contributed by atoms with Crippen molar-refractivity contribution in [1.29, 1.82) is 5.41 Å². The van der Waals surface area contributed by atoms with Crippen molar-refractivity contribution in [2.45, 2.75) is 6.92 Å². The van der Waals surface area contributed by atoms with Crippen molar-refractivity contribution in [3.63, 3.8) is 0 Å². The second-order valence-corrected chi connectivity index (χ2v) is 12.2. The lowest BCUT2D eigenvalue weighted by Gasteiger charge is -2.10. The summed E-state index contributed by atoms with van der Waals surface area (Å²) < 4.78 is 0. The lowest BCUT2D eigenvalue weighted by atomic mass is 9.97. The molecular formula is C48H40N2. The number of fused-ring (bicyclic) bond motifs is 2. The first-order valence-corrected chi connectivity index (χ1v) is 16.7. The van der Waals surface area contributed by atoms with E-state index >= 15 is 0 Å². The second kappa shape index (κ2) is 15.6. The van der Waals surface area contributed by atoms with Crippen molar-refractivity contribution in [3.8, 4) is 11.1 Å². The van der Waals surface area contributed by atoms with Crippen molar-refractivity contribution in [1.82, 2.24) is 0 Å². The molecule has 0 heterocycles. The average molecular weight is 645 g/mol. The highest BCUT2D eigenvalue weighted by molar-refractivity contribution is 6.09. The van der Waals surface area contributed by atoms with Gasteiger partial charge in [0.25, 0.3) is 0 Å². The van der Waals surface area contributed by atoms with Gasteiger partial charge in [-0.3, -0.25) is 0 Å².